The maximum atomic E-state index is 9.04. The van der Waals surface area contributed by atoms with Crippen molar-refractivity contribution in [1.29, 1.82) is 5.26 Å². The molecule has 0 saturated carbocycles. The molecule has 0 aliphatic heterocycles. The summed E-state index contributed by atoms with van der Waals surface area (Å²) in [6, 6.07) is 10.8. The molecule has 0 radical (unpaired) electrons. The minimum absolute atomic E-state index is 0.381. The van der Waals surface area contributed by atoms with Gasteiger partial charge in [0.2, 0.25) is 0 Å². The zero-order chi connectivity index (χ0) is 14.1. The first-order valence-electron chi connectivity index (χ1n) is 6.73. The molecule has 1 heterocycles. The van der Waals surface area contributed by atoms with Crippen molar-refractivity contribution in [3.8, 4) is 6.07 Å². The Morgan fingerprint density at radius 1 is 1.40 bits per heavy atom. The first-order valence-corrected chi connectivity index (χ1v) is 8.62. The lowest BCUT2D eigenvalue weighted by molar-refractivity contribution is 0.608. The predicted octanol–water partition coefficient (Wildman–Crippen LogP) is 5.02. The van der Waals surface area contributed by atoms with E-state index >= 15 is 0 Å². The van der Waals surface area contributed by atoms with Crippen LogP contribution < -0.4 is 5.32 Å². The van der Waals surface area contributed by atoms with Crippen molar-refractivity contribution in [3.63, 3.8) is 0 Å². The molecule has 0 amide bonds. The fourth-order valence-electron chi connectivity index (χ4n) is 2.71. The first kappa shape index (κ1) is 13.9. The third kappa shape index (κ3) is 2.70. The van der Waals surface area contributed by atoms with Crippen molar-refractivity contribution in [1.82, 2.24) is 0 Å². The molecule has 2 nitrogen and oxygen atoms in total. The fraction of sp³-hybridized carbons (Fsp3) is 0.312. The molecule has 1 atom stereocenters. The summed E-state index contributed by atoms with van der Waals surface area (Å²) in [6.45, 7) is 2.09. The lowest BCUT2D eigenvalue weighted by Gasteiger charge is -2.25. The van der Waals surface area contributed by atoms with Crippen LogP contribution in [-0.2, 0) is 6.42 Å². The van der Waals surface area contributed by atoms with Gasteiger partial charge in [-0.1, -0.05) is 6.07 Å². The van der Waals surface area contributed by atoms with Crippen molar-refractivity contribution in [2.75, 3.05) is 5.32 Å². The van der Waals surface area contributed by atoms with Crippen LogP contribution in [0.3, 0.4) is 0 Å². The van der Waals surface area contributed by atoms with Gasteiger partial charge < -0.3 is 5.32 Å². The van der Waals surface area contributed by atoms with Crippen LogP contribution in [0.1, 0.15) is 40.5 Å². The Balaban J connectivity index is 1.91. The Hall–Kier alpha value is -1.06. The lowest BCUT2D eigenvalue weighted by atomic mass is 9.93. The van der Waals surface area contributed by atoms with Gasteiger partial charge in [-0.2, -0.15) is 5.26 Å². The maximum Gasteiger partial charge on any atom is 0.0992 e. The molecule has 2 aromatic rings. The van der Waals surface area contributed by atoms with Crippen molar-refractivity contribution < 1.29 is 0 Å². The van der Waals surface area contributed by atoms with Crippen LogP contribution in [0, 0.1) is 21.1 Å². The summed E-state index contributed by atoms with van der Waals surface area (Å²) in [5.41, 5.74) is 4.45. The van der Waals surface area contributed by atoms with Crippen molar-refractivity contribution in [2.24, 2.45) is 0 Å². The van der Waals surface area contributed by atoms with Gasteiger partial charge in [0.05, 0.1) is 20.6 Å². The van der Waals surface area contributed by atoms with E-state index in [4.69, 9.17) is 5.26 Å². The summed E-state index contributed by atoms with van der Waals surface area (Å²) >= 11 is 4.32. The minimum Gasteiger partial charge on any atom is -0.378 e. The molecule has 20 heavy (non-hydrogen) atoms. The molecule has 1 aromatic carbocycles. The van der Waals surface area contributed by atoms with E-state index in [0.717, 1.165) is 12.1 Å². The lowest BCUT2D eigenvalue weighted by Crippen LogP contribution is -2.16. The summed E-state index contributed by atoms with van der Waals surface area (Å²) in [4.78, 5) is 1.52. The van der Waals surface area contributed by atoms with Crippen LogP contribution in [0.5, 0.6) is 0 Å². The summed E-state index contributed by atoms with van der Waals surface area (Å²) in [7, 11) is 0. The number of fused-ring (bicyclic) bond motifs is 1. The van der Waals surface area contributed by atoms with Gasteiger partial charge in [-0.15, -0.1) is 11.3 Å². The number of nitrogens with one attached hydrogen (secondary N) is 1. The second-order valence-electron chi connectivity index (χ2n) is 5.16. The number of halogens is 1. The molecule has 102 valence electrons. The van der Waals surface area contributed by atoms with Crippen LogP contribution in [0.4, 0.5) is 5.69 Å². The minimum atomic E-state index is 0.381. The molecule has 1 aliphatic carbocycles. The van der Waals surface area contributed by atoms with Crippen molar-refractivity contribution >= 4 is 39.6 Å². The molecule has 0 saturated heterocycles. The van der Waals surface area contributed by atoms with E-state index in [0.29, 0.717) is 11.6 Å². The van der Waals surface area contributed by atoms with Gasteiger partial charge >= 0.3 is 0 Å². The topological polar surface area (TPSA) is 35.8 Å². The number of benzene rings is 1. The number of hydrogen-bond acceptors (Lipinski definition) is 3. The second kappa shape index (κ2) is 5.74. The number of nitrogens with zero attached hydrogens (tertiary/aromatic N) is 1. The van der Waals surface area contributed by atoms with E-state index in [1.54, 1.807) is 0 Å². The van der Waals surface area contributed by atoms with Crippen LogP contribution in [-0.4, -0.2) is 0 Å². The van der Waals surface area contributed by atoms with Crippen molar-refractivity contribution in [2.45, 2.75) is 32.2 Å². The molecule has 1 aromatic heterocycles. The number of aryl methyl sites for hydroxylation is 2. The molecule has 0 bridgehead atoms. The van der Waals surface area contributed by atoms with Crippen molar-refractivity contribution in [3.05, 3.63) is 48.7 Å². The van der Waals surface area contributed by atoms with Gasteiger partial charge in [-0.3, -0.25) is 0 Å². The Bertz CT molecular complexity index is 684. The Kier molecular flexibility index (Phi) is 3.99. The van der Waals surface area contributed by atoms with E-state index in [2.05, 4.69) is 47.0 Å². The average Bonchev–Trinajstić information content (AvgIpc) is 2.82. The number of hydrogen-bond donors (Lipinski definition) is 1. The van der Waals surface area contributed by atoms with Crippen LogP contribution in [0.2, 0.25) is 0 Å². The first-order chi connectivity index (χ1) is 9.67. The van der Waals surface area contributed by atoms with E-state index in [1.807, 2.05) is 29.5 Å². The molecule has 1 unspecified atom stereocenters. The molecule has 0 fully saturated rings. The number of rotatable bonds is 2. The standard InChI is InChI=1S/C16H15IN2S/c1-10-5-6-11(9-18)7-14(10)19-13-3-2-4-15-12(13)8-16(17)20-15/h5-8,13,19H,2-4H2,1H3. The normalized spacial score (nSPS) is 17.4. The highest BCUT2D eigenvalue weighted by atomic mass is 127. The molecular weight excluding hydrogens is 379 g/mol. The largest absolute Gasteiger partial charge is 0.378 e. The number of anilines is 1. The third-order valence-electron chi connectivity index (χ3n) is 3.78. The molecular formula is C16H15IN2S. The fourth-order valence-corrected chi connectivity index (χ4v) is 4.83. The van der Waals surface area contributed by atoms with E-state index in [9.17, 15) is 0 Å². The summed E-state index contributed by atoms with van der Waals surface area (Å²) < 4.78 is 1.36. The summed E-state index contributed by atoms with van der Waals surface area (Å²) in [5.74, 6) is 0. The van der Waals surface area contributed by atoms with E-state index in [1.165, 1.54) is 31.7 Å². The molecule has 4 heteroatoms. The monoisotopic (exact) mass is 394 g/mol. The van der Waals surface area contributed by atoms with Gasteiger partial charge in [-0.25, -0.2) is 0 Å². The molecule has 3 rings (SSSR count). The second-order valence-corrected chi connectivity index (χ2v) is 8.19. The highest BCUT2D eigenvalue weighted by molar-refractivity contribution is 14.1. The third-order valence-corrected chi connectivity index (χ3v) is 5.75. The summed E-state index contributed by atoms with van der Waals surface area (Å²) in [5, 5.41) is 12.7. The smallest absolute Gasteiger partial charge is 0.0992 e. The predicted molar refractivity (Wildman–Crippen MR) is 92.2 cm³/mol. The van der Waals surface area contributed by atoms with Crippen LogP contribution >= 0.6 is 33.9 Å². The van der Waals surface area contributed by atoms with E-state index < -0.39 is 0 Å². The van der Waals surface area contributed by atoms with Gasteiger partial charge in [0, 0.05) is 10.6 Å². The highest BCUT2D eigenvalue weighted by Crippen LogP contribution is 2.38. The SMILES string of the molecule is Cc1ccc(C#N)cc1NC1CCCc2sc(I)cc21. The number of thiophene rings is 1. The van der Waals surface area contributed by atoms with Gasteiger partial charge in [0.25, 0.3) is 0 Å². The zero-order valence-electron chi connectivity index (χ0n) is 11.2. The van der Waals surface area contributed by atoms with Gasteiger partial charge in [0.15, 0.2) is 0 Å². The van der Waals surface area contributed by atoms with E-state index in [-0.39, 0.29) is 0 Å². The Morgan fingerprint density at radius 2 is 2.25 bits per heavy atom. The van der Waals surface area contributed by atoms with Gasteiger partial charge in [-0.05, 0) is 78.1 Å². The molecule has 0 spiro atoms. The molecule has 1 aliphatic rings. The molecule has 1 N–H and O–H groups in total. The van der Waals surface area contributed by atoms with Crippen LogP contribution in [0.15, 0.2) is 24.3 Å². The quantitative estimate of drug-likeness (QED) is 0.726. The zero-order valence-corrected chi connectivity index (χ0v) is 14.2. The average molecular weight is 394 g/mol. The summed E-state index contributed by atoms with van der Waals surface area (Å²) in [6.07, 6.45) is 3.60. The van der Waals surface area contributed by atoms with Gasteiger partial charge in [0.1, 0.15) is 0 Å². The Morgan fingerprint density at radius 3 is 3.05 bits per heavy atom. The van der Waals surface area contributed by atoms with Crippen LogP contribution in [0.25, 0.3) is 0 Å². The Labute approximate surface area is 137 Å². The highest BCUT2D eigenvalue weighted by Gasteiger charge is 2.22. The maximum absolute atomic E-state index is 9.04. The number of nitriles is 1.